The molecule has 0 spiro atoms. The molecule has 196 valence electrons. The van der Waals surface area contributed by atoms with E-state index in [0.717, 1.165) is 24.4 Å². The molecule has 1 aliphatic heterocycles. The van der Waals surface area contributed by atoms with Gasteiger partial charge in [-0.05, 0) is 80.7 Å². The van der Waals surface area contributed by atoms with E-state index in [9.17, 15) is 15.3 Å². The molecule has 1 aromatic carbocycles. The number of aliphatic hydroxyl groups is 3. The molecule has 1 heterocycles. The van der Waals surface area contributed by atoms with E-state index in [2.05, 4.69) is 0 Å². The van der Waals surface area contributed by atoms with E-state index in [1.807, 2.05) is 12.1 Å². The molecule has 4 aliphatic rings. The van der Waals surface area contributed by atoms with Crippen LogP contribution < -0.4 is 34.3 Å². The van der Waals surface area contributed by atoms with E-state index in [1.165, 1.54) is 50.5 Å². The van der Waals surface area contributed by atoms with Gasteiger partial charge in [-0.2, -0.15) is 16.2 Å². The van der Waals surface area contributed by atoms with E-state index in [0.29, 0.717) is 22.6 Å². The zero-order chi connectivity index (χ0) is 25.8. The summed E-state index contributed by atoms with van der Waals surface area (Å²) in [4.78, 5) is 16.2. The second-order valence-electron chi connectivity index (χ2n) is 9.67. The maximum absolute atomic E-state index is 10.2. The van der Waals surface area contributed by atoms with Crippen LogP contribution in [0.5, 0.6) is 5.75 Å². The van der Waals surface area contributed by atoms with Gasteiger partial charge < -0.3 is 29.5 Å². The molecule has 1 saturated heterocycles. The molecule has 3 N–H and O–H groups in total. The van der Waals surface area contributed by atoms with E-state index in [-0.39, 0.29) is 35.7 Å². The van der Waals surface area contributed by atoms with Crippen LogP contribution in [0.25, 0.3) is 5.76 Å². The van der Waals surface area contributed by atoms with Crippen LogP contribution >= 0.6 is 11.6 Å². The van der Waals surface area contributed by atoms with Gasteiger partial charge in [-0.15, -0.1) is 0 Å². The molecule has 2 bridgehead atoms. The summed E-state index contributed by atoms with van der Waals surface area (Å²) in [5.74, 6) is 2.17. The van der Waals surface area contributed by atoms with Gasteiger partial charge in [0.2, 0.25) is 6.29 Å². The van der Waals surface area contributed by atoms with Crippen molar-refractivity contribution in [1.82, 2.24) is 0 Å². The van der Waals surface area contributed by atoms with Crippen LogP contribution in [0.3, 0.4) is 0 Å². The zero-order valence-corrected chi connectivity index (χ0v) is 23.9. The van der Waals surface area contributed by atoms with E-state index in [4.69, 9.17) is 35.4 Å². The Bertz CT molecular complexity index is 1050. The SMILES string of the molecule is CO/C(=C1\C2CCCC1C1=C(CCCC1)C2)c1ccc(Cl)c(OC2O[CH-][C@@H](O)[C@H](O)[C@@H]2O)c1.O=C=O.[Na+]. The number of rotatable bonds is 4. The Balaban J connectivity index is 0.000000908. The maximum atomic E-state index is 10.2. The first-order chi connectivity index (χ1) is 17.4. The summed E-state index contributed by atoms with van der Waals surface area (Å²) in [5, 5.41) is 30.2. The molecule has 8 nitrogen and oxygen atoms in total. The molecule has 0 amide bonds. The van der Waals surface area contributed by atoms with Gasteiger partial charge in [0.25, 0.3) is 0 Å². The van der Waals surface area contributed by atoms with Crippen LogP contribution in [-0.4, -0.2) is 53.2 Å². The minimum atomic E-state index is -1.42. The van der Waals surface area contributed by atoms with Crippen molar-refractivity contribution in [3.63, 3.8) is 0 Å². The number of hydrogen-bond acceptors (Lipinski definition) is 8. The number of hydrogen-bond donors (Lipinski definition) is 3. The van der Waals surface area contributed by atoms with Crippen LogP contribution in [0, 0.1) is 18.4 Å². The second-order valence-corrected chi connectivity index (χ2v) is 10.1. The topological polar surface area (TPSA) is 123 Å². The Morgan fingerprint density at radius 3 is 2.57 bits per heavy atom. The van der Waals surface area contributed by atoms with Crippen molar-refractivity contribution in [3.8, 4) is 5.75 Å². The quantitative estimate of drug-likeness (QED) is 0.221. The fraction of sp³-hybridized carbons (Fsp3) is 0.556. The Kier molecular flexibility index (Phi) is 11.3. The largest absolute Gasteiger partial charge is 1.00 e. The van der Waals surface area contributed by atoms with E-state index >= 15 is 0 Å². The third-order valence-electron chi connectivity index (χ3n) is 7.64. The van der Waals surface area contributed by atoms with Gasteiger partial charge in [-0.3, -0.25) is 0 Å². The van der Waals surface area contributed by atoms with Gasteiger partial charge in [-0.25, -0.2) is 0 Å². The van der Waals surface area contributed by atoms with Gasteiger partial charge >= 0.3 is 35.7 Å². The summed E-state index contributed by atoms with van der Waals surface area (Å²) in [6.07, 6.45) is 4.75. The second kappa shape index (κ2) is 13.7. The van der Waals surface area contributed by atoms with Crippen molar-refractivity contribution in [2.75, 3.05) is 7.11 Å². The van der Waals surface area contributed by atoms with Gasteiger partial charge in [0.1, 0.15) is 17.6 Å². The Morgan fingerprint density at radius 1 is 1.11 bits per heavy atom. The van der Waals surface area contributed by atoms with Crippen molar-refractivity contribution >= 4 is 23.5 Å². The predicted molar refractivity (Wildman–Crippen MR) is 129 cm³/mol. The summed E-state index contributed by atoms with van der Waals surface area (Å²) < 4.78 is 17.1. The Hall–Kier alpha value is -1.19. The third kappa shape index (κ3) is 6.52. The number of carbonyl (C=O) groups excluding carboxylic acids is 2. The van der Waals surface area contributed by atoms with Crippen molar-refractivity contribution in [2.45, 2.75) is 76.0 Å². The normalized spacial score (nSPS) is 32.0. The number of aliphatic hydroxyl groups excluding tert-OH is 3. The van der Waals surface area contributed by atoms with Crippen molar-refractivity contribution in [1.29, 1.82) is 0 Å². The first-order valence-electron chi connectivity index (χ1n) is 12.4. The number of benzene rings is 1. The molecule has 0 radical (unpaired) electrons. The maximum Gasteiger partial charge on any atom is 1.00 e. The molecule has 0 aromatic heterocycles. The molecule has 10 heteroatoms. The van der Waals surface area contributed by atoms with Crippen LogP contribution in [0.1, 0.15) is 56.9 Å². The van der Waals surface area contributed by atoms with Gasteiger partial charge in [-0.1, -0.05) is 29.2 Å². The molecule has 6 atom stereocenters. The molecule has 2 fully saturated rings. The number of ether oxygens (including phenoxy) is 3. The Morgan fingerprint density at radius 2 is 1.84 bits per heavy atom. The minimum absolute atomic E-state index is 0. The van der Waals surface area contributed by atoms with Crippen molar-refractivity contribution in [2.24, 2.45) is 11.8 Å². The van der Waals surface area contributed by atoms with Crippen LogP contribution in [0.15, 0.2) is 34.9 Å². The first kappa shape index (κ1) is 30.4. The van der Waals surface area contributed by atoms with Crippen LogP contribution in [-0.2, 0) is 19.1 Å². The molecule has 1 saturated carbocycles. The monoisotopic (exact) mass is 542 g/mol. The van der Waals surface area contributed by atoms with Crippen LogP contribution in [0.4, 0.5) is 0 Å². The number of fused-ring (bicyclic) bond motifs is 3. The number of methoxy groups -OCH3 is 1. The number of allylic oxidation sites excluding steroid dienone is 3. The fourth-order valence-electron chi connectivity index (χ4n) is 6.07. The van der Waals surface area contributed by atoms with Crippen molar-refractivity contribution < 1.29 is 68.7 Å². The van der Waals surface area contributed by atoms with E-state index in [1.54, 1.807) is 24.3 Å². The summed E-state index contributed by atoms with van der Waals surface area (Å²) >= 11 is 6.40. The summed E-state index contributed by atoms with van der Waals surface area (Å²) in [7, 11) is 1.72. The van der Waals surface area contributed by atoms with Crippen LogP contribution in [0.2, 0.25) is 5.02 Å². The molecule has 1 aromatic rings. The number of halogens is 1. The minimum Gasteiger partial charge on any atom is -0.516 e. The first-order valence-corrected chi connectivity index (χ1v) is 12.7. The molecular formula is C27H32ClNaO8. The Labute approximate surface area is 243 Å². The average molecular weight is 543 g/mol. The fourth-order valence-corrected chi connectivity index (χ4v) is 6.23. The molecular weight excluding hydrogens is 511 g/mol. The van der Waals surface area contributed by atoms with Gasteiger partial charge in [0, 0.05) is 11.5 Å². The van der Waals surface area contributed by atoms with Crippen molar-refractivity contribution in [3.05, 3.63) is 52.1 Å². The standard InChI is InChI=1S/C26H32ClO6.CO2.Na/c1-31-25(22-15-6-4-8-18(22)17-7-3-2-5-14(17)11-15)16-9-10-19(27)21(12-16)33-26-24(30)23(29)20(28)13-32-26;2-1-3;/h9-10,12-13,15,18,20,23-24,26,28-30H,2-8,11H2,1H3;;/q-1;;+1/b25-22+;;/t15?,18?,20-,23+,24+,26?;;/m1../s1. The average Bonchev–Trinajstić information content (AvgIpc) is 2.87. The molecule has 3 unspecified atom stereocenters. The summed E-state index contributed by atoms with van der Waals surface area (Å²) in [6.45, 7) is 1.06. The van der Waals surface area contributed by atoms with Gasteiger partial charge in [0.05, 0.1) is 18.2 Å². The third-order valence-corrected chi connectivity index (χ3v) is 7.95. The molecule has 5 rings (SSSR count). The smallest absolute Gasteiger partial charge is 0.516 e. The summed E-state index contributed by atoms with van der Waals surface area (Å²) in [5.41, 5.74) is 5.61. The zero-order valence-electron chi connectivity index (χ0n) is 21.2. The predicted octanol–water partition coefficient (Wildman–Crippen LogP) is 0.788. The van der Waals surface area contributed by atoms with E-state index < -0.39 is 24.6 Å². The van der Waals surface area contributed by atoms with Gasteiger partial charge in [0.15, 0.2) is 0 Å². The molecule has 3 aliphatic carbocycles. The summed E-state index contributed by atoms with van der Waals surface area (Å²) in [6, 6.07) is 5.49. The molecule has 37 heavy (non-hydrogen) atoms.